The summed E-state index contributed by atoms with van der Waals surface area (Å²) in [4.78, 5) is 8.66. The highest BCUT2D eigenvalue weighted by molar-refractivity contribution is 5.57. The van der Waals surface area contributed by atoms with Gasteiger partial charge in [-0.05, 0) is 12.0 Å². The van der Waals surface area contributed by atoms with Crippen molar-refractivity contribution in [3.05, 3.63) is 24.2 Å². The molecular formula is C10H15N3. The molecule has 0 amide bonds. The molecule has 0 radical (unpaired) electrons. The summed E-state index contributed by atoms with van der Waals surface area (Å²) in [5.41, 5.74) is 1.81. The van der Waals surface area contributed by atoms with Crippen LogP contribution in [0.4, 0.5) is 5.82 Å². The normalized spacial score (nSPS) is 10.2. The van der Waals surface area contributed by atoms with Crippen LogP contribution in [0.5, 0.6) is 0 Å². The second-order valence-electron chi connectivity index (χ2n) is 3.14. The van der Waals surface area contributed by atoms with E-state index < -0.39 is 0 Å². The summed E-state index contributed by atoms with van der Waals surface area (Å²) in [6.07, 6.45) is 3.51. The number of nitrogens with one attached hydrogen (secondary N) is 1. The van der Waals surface area contributed by atoms with Crippen molar-refractivity contribution in [1.29, 1.82) is 0 Å². The lowest BCUT2D eigenvalue weighted by Gasteiger charge is -2.08. The van der Waals surface area contributed by atoms with Crippen molar-refractivity contribution < 1.29 is 0 Å². The van der Waals surface area contributed by atoms with Crippen LogP contribution in [0.3, 0.4) is 0 Å². The van der Waals surface area contributed by atoms with Crippen molar-refractivity contribution in [2.24, 2.45) is 0 Å². The fourth-order valence-electron chi connectivity index (χ4n) is 1.03. The van der Waals surface area contributed by atoms with Gasteiger partial charge in [-0.25, -0.2) is 9.97 Å². The maximum atomic E-state index is 4.42. The molecule has 0 saturated heterocycles. The van der Waals surface area contributed by atoms with E-state index in [1.165, 1.54) is 0 Å². The van der Waals surface area contributed by atoms with Gasteiger partial charge in [-0.2, -0.15) is 0 Å². The molecule has 0 saturated carbocycles. The van der Waals surface area contributed by atoms with E-state index >= 15 is 0 Å². The van der Waals surface area contributed by atoms with Gasteiger partial charge in [0.05, 0.1) is 11.9 Å². The van der Waals surface area contributed by atoms with Gasteiger partial charge in [0.2, 0.25) is 0 Å². The molecule has 0 fully saturated rings. The Labute approximate surface area is 78.9 Å². The monoisotopic (exact) mass is 177 g/mol. The second-order valence-corrected chi connectivity index (χ2v) is 3.14. The Bertz CT molecular complexity index is 305. The zero-order valence-corrected chi connectivity index (χ0v) is 8.33. The van der Waals surface area contributed by atoms with Crippen LogP contribution in [-0.2, 0) is 0 Å². The number of nitrogens with zero attached hydrogens (tertiary/aromatic N) is 2. The van der Waals surface area contributed by atoms with E-state index in [0.717, 1.165) is 17.2 Å². The Balaban J connectivity index is 3.13. The first kappa shape index (κ1) is 9.71. The molecule has 0 aromatic carbocycles. The standard InChI is InChI=1S/C10H15N3/c1-5-8-10(11-4)12-6-9(13-8)7(2)3/h5-7H,1H2,2-4H3,(H,11,12). The quantitative estimate of drug-likeness (QED) is 0.769. The van der Waals surface area contributed by atoms with E-state index in [1.807, 2.05) is 7.05 Å². The molecule has 1 heterocycles. The van der Waals surface area contributed by atoms with E-state index in [4.69, 9.17) is 0 Å². The van der Waals surface area contributed by atoms with Crippen LogP contribution in [0.2, 0.25) is 0 Å². The average Bonchev–Trinajstić information content (AvgIpc) is 2.16. The molecule has 1 aromatic rings. The molecule has 13 heavy (non-hydrogen) atoms. The van der Waals surface area contributed by atoms with Gasteiger partial charge in [0.15, 0.2) is 5.82 Å². The van der Waals surface area contributed by atoms with Gasteiger partial charge in [0.25, 0.3) is 0 Å². The van der Waals surface area contributed by atoms with Gasteiger partial charge in [-0.3, -0.25) is 0 Å². The van der Waals surface area contributed by atoms with Crippen LogP contribution < -0.4 is 5.32 Å². The zero-order valence-electron chi connectivity index (χ0n) is 8.33. The van der Waals surface area contributed by atoms with Crippen molar-refractivity contribution in [2.75, 3.05) is 12.4 Å². The highest BCUT2D eigenvalue weighted by Crippen LogP contribution is 2.15. The van der Waals surface area contributed by atoms with Crippen LogP contribution in [-0.4, -0.2) is 17.0 Å². The number of rotatable bonds is 3. The Morgan fingerprint density at radius 2 is 2.23 bits per heavy atom. The highest BCUT2D eigenvalue weighted by Gasteiger charge is 2.05. The molecule has 0 aliphatic heterocycles. The van der Waals surface area contributed by atoms with Gasteiger partial charge >= 0.3 is 0 Å². The van der Waals surface area contributed by atoms with Gasteiger partial charge in [-0.1, -0.05) is 20.4 Å². The molecule has 1 rings (SSSR count). The van der Waals surface area contributed by atoms with Crippen molar-refractivity contribution in [1.82, 2.24) is 9.97 Å². The van der Waals surface area contributed by atoms with Gasteiger partial charge < -0.3 is 5.32 Å². The van der Waals surface area contributed by atoms with E-state index in [-0.39, 0.29) is 0 Å². The lowest BCUT2D eigenvalue weighted by atomic mass is 10.1. The van der Waals surface area contributed by atoms with Crippen molar-refractivity contribution in [3.63, 3.8) is 0 Å². The minimum Gasteiger partial charge on any atom is -0.371 e. The molecule has 70 valence electrons. The Morgan fingerprint density at radius 3 is 2.69 bits per heavy atom. The molecule has 3 nitrogen and oxygen atoms in total. The molecule has 0 aliphatic rings. The summed E-state index contributed by atoms with van der Waals surface area (Å²) < 4.78 is 0. The van der Waals surface area contributed by atoms with Crippen LogP contribution in [0.15, 0.2) is 12.8 Å². The molecular weight excluding hydrogens is 162 g/mol. The first-order chi connectivity index (χ1) is 6.19. The second kappa shape index (κ2) is 4.03. The van der Waals surface area contributed by atoms with Gasteiger partial charge in [-0.15, -0.1) is 0 Å². The summed E-state index contributed by atoms with van der Waals surface area (Å²) >= 11 is 0. The lowest BCUT2D eigenvalue weighted by molar-refractivity contribution is 0.810. The molecule has 0 atom stereocenters. The van der Waals surface area contributed by atoms with Crippen molar-refractivity contribution >= 4 is 11.9 Å². The third kappa shape index (κ3) is 2.05. The third-order valence-electron chi connectivity index (χ3n) is 1.84. The molecule has 0 spiro atoms. The van der Waals surface area contributed by atoms with E-state index in [0.29, 0.717) is 5.92 Å². The van der Waals surface area contributed by atoms with Crippen LogP contribution in [0, 0.1) is 0 Å². The molecule has 1 N–H and O–H groups in total. The first-order valence-corrected chi connectivity index (χ1v) is 4.36. The number of anilines is 1. The van der Waals surface area contributed by atoms with Crippen molar-refractivity contribution in [2.45, 2.75) is 19.8 Å². The maximum Gasteiger partial charge on any atom is 0.151 e. The molecule has 0 unspecified atom stereocenters. The Morgan fingerprint density at radius 1 is 1.54 bits per heavy atom. The predicted octanol–water partition coefficient (Wildman–Crippen LogP) is 2.28. The first-order valence-electron chi connectivity index (χ1n) is 4.36. The van der Waals surface area contributed by atoms with Gasteiger partial charge in [0.1, 0.15) is 5.69 Å². The third-order valence-corrected chi connectivity index (χ3v) is 1.84. The fourth-order valence-corrected chi connectivity index (χ4v) is 1.03. The number of hydrogen-bond acceptors (Lipinski definition) is 3. The summed E-state index contributed by atoms with van der Waals surface area (Å²) in [6, 6.07) is 0. The SMILES string of the molecule is C=Cc1nc(C(C)C)cnc1NC. The Hall–Kier alpha value is -1.38. The lowest BCUT2D eigenvalue weighted by Crippen LogP contribution is -2.02. The molecule has 3 heteroatoms. The summed E-state index contributed by atoms with van der Waals surface area (Å²) in [7, 11) is 1.83. The summed E-state index contributed by atoms with van der Waals surface area (Å²) in [5, 5.41) is 2.97. The minimum atomic E-state index is 0.400. The zero-order chi connectivity index (χ0) is 9.84. The largest absolute Gasteiger partial charge is 0.371 e. The topological polar surface area (TPSA) is 37.8 Å². The van der Waals surface area contributed by atoms with Crippen LogP contribution in [0.25, 0.3) is 6.08 Å². The summed E-state index contributed by atoms with van der Waals surface area (Å²) in [6.45, 7) is 7.88. The summed E-state index contributed by atoms with van der Waals surface area (Å²) in [5.74, 6) is 1.18. The smallest absolute Gasteiger partial charge is 0.151 e. The minimum absolute atomic E-state index is 0.400. The average molecular weight is 177 g/mol. The predicted molar refractivity (Wildman–Crippen MR) is 55.8 cm³/mol. The highest BCUT2D eigenvalue weighted by atomic mass is 15.0. The van der Waals surface area contributed by atoms with Crippen LogP contribution in [0.1, 0.15) is 31.2 Å². The Kier molecular flexibility index (Phi) is 3.01. The number of hydrogen-bond donors (Lipinski definition) is 1. The molecule has 0 bridgehead atoms. The van der Waals surface area contributed by atoms with Crippen LogP contribution >= 0.6 is 0 Å². The fraction of sp³-hybridized carbons (Fsp3) is 0.400. The van der Waals surface area contributed by atoms with E-state index in [1.54, 1.807) is 12.3 Å². The van der Waals surface area contributed by atoms with Crippen molar-refractivity contribution in [3.8, 4) is 0 Å². The van der Waals surface area contributed by atoms with Gasteiger partial charge in [0, 0.05) is 7.05 Å². The maximum absolute atomic E-state index is 4.42. The van der Waals surface area contributed by atoms with E-state index in [2.05, 4.69) is 35.7 Å². The van der Waals surface area contributed by atoms with E-state index in [9.17, 15) is 0 Å². The molecule has 0 aliphatic carbocycles. The molecule has 1 aromatic heterocycles. The number of aromatic nitrogens is 2.